The normalized spacial score (nSPS) is 24.3. The molecule has 4 rings (SSSR count). The number of hydrogen-bond acceptors (Lipinski definition) is 4. The standard InChI is InChI=1S/C21H25N3O2S/c1-11-7-8-15(12(2)9-11)19-18(23-13(3)27-19)21(26)24-16-6-4-5-14(16)10-17(24)20(22)25/h7-9,14,16-17H,4-6,10H2,1-3H3,(H2,22,25)/t14-,16-,17-/m0/s1. The Labute approximate surface area is 163 Å². The summed E-state index contributed by atoms with van der Waals surface area (Å²) in [6, 6.07) is 5.84. The molecule has 0 radical (unpaired) electrons. The number of nitrogens with zero attached hydrogens (tertiary/aromatic N) is 2. The molecule has 3 atom stereocenters. The van der Waals surface area contributed by atoms with Gasteiger partial charge in [-0.1, -0.05) is 30.2 Å². The van der Waals surface area contributed by atoms with E-state index in [0.29, 0.717) is 18.0 Å². The van der Waals surface area contributed by atoms with Gasteiger partial charge in [0, 0.05) is 6.04 Å². The first-order valence-electron chi connectivity index (χ1n) is 9.54. The molecular formula is C21H25N3O2S. The molecule has 2 N–H and O–H groups in total. The van der Waals surface area contributed by atoms with E-state index in [4.69, 9.17) is 5.73 Å². The molecule has 0 bridgehead atoms. The lowest BCUT2D eigenvalue weighted by Crippen LogP contribution is -2.47. The van der Waals surface area contributed by atoms with E-state index >= 15 is 0 Å². The van der Waals surface area contributed by atoms with Crippen LogP contribution >= 0.6 is 11.3 Å². The molecular weight excluding hydrogens is 358 g/mol. The second kappa shape index (κ2) is 6.75. The minimum Gasteiger partial charge on any atom is -0.368 e. The second-order valence-corrected chi connectivity index (χ2v) is 9.06. The van der Waals surface area contributed by atoms with Crippen LogP contribution in [0.25, 0.3) is 10.4 Å². The molecule has 2 amide bonds. The smallest absolute Gasteiger partial charge is 0.274 e. The zero-order valence-electron chi connectivity index (χ0n) is 16.0. The number of rotatable bonds is 3. The summed E-state index contributed by atoms with van der Waals surface area (Å²) in [4.78, 5) is 32.8. The summed E-state index contributed by atoms with van der Waals surface area (Å²) >= 11 is 1.53. The van der Waals surface area contributed by atoms with Crippen molar-refractivity contribution in [3.8, 4) is 10.4 Å². The number of hydrogen-bond donors (Lipinski definition) is 1. The van der Waals surface area contributed by atoms with Gasteiger partial charge in [-0.25, -0.2) is 4.98 Å². The predicted molar refractivity (Wildman–Crippen MR) is 107 cm³/mol. The molecule has 1 saturated carbocycles. The number of aromatic nitrogens is 1. The molecule has 0 unspecified atom stereocenters. The number of primary amides is 1. The minimum absolute atomic E-state index is 0.115. The van der Waals surface area contributed by atoms with Gasteiger partial charge in [-0.3, -0.25) is 9.59 Å². The largest absolute Gasteiger partial charge is 0.368 e. The summed E-state index contributed by atoms with van der Waals surface area (Å²) in [7, 11) is 0. The van der Waals surface area contributed by atoms with Crippen molar-refractivity contribution in [3.63, 3.8) is 0 Å². The van der Waals surface area contributed by atoms with Gasteiger partial charge in [-0.2, -0.15) is 0 Å². The molecule has 142 valence electrons. The SMILES string of the molecule is Cc1ccc(-c2sc(C)nc2C(=O)N2[C@H](C(N)=O)C[C@@H]3CCC[C@@H]32)c(C)c1. The highest BCUT2D eigenvalue weighted by Gasteiger charge is 2.49. The van der Waals surface area contributed by atoms with E-state index in [2.05, 4.69) is 37.0 Å². The fourth-order valence-corrected chi connectivity index (χ4v) is 5.78. The van der Waals surface area contributed by atoms with Gasteiger partial charge in [-0.15, -0.1) is 11.3 Å². The number of benzene rings is 1. The van der Waals surface area contributed by atoms with Gasteiger partial charge in [0.15, 0.2) is 0 Å². The Balaban J connectivity index is 1.77. The zero-order valence-corrected chi connectivity index (χ0v) is 16.8. The maximum Gasteiger partial charge on any atom is 0.274 e. The first-order chi connectivity index (χ1) is 12.9. The van der Waals surface area contributed by atoms with Gasteiger partial charge in [0.1, 0.15) is 11.7 Å². The van der Waals surface area contributed by atoms with E-state index in [9.17, 15) is 9.59 Å². The maximum absolute atomic E-state index is 13.6. The number of aryl methyl sites for hydroxylation is 3. The number of amides is 2. The summed E-state index contributed by atoms with van der Waals surface area (Å²) in [6.07, 6.45) is 3.80. The third kappa shape index (κ3) is 3.06. The molecule has 1 aromatic carbocycles. The highest BCUT2D eigenvalue weighted by atomic mass is 32.1. The van der Waals surface area contributed by atoms with Crippen LogP contribution in [0.3, 0.4) is 0 Å². The number of likely N-dealkylation sites (tertiary alicyclic amines) is 1. The van der Waals surface area contributed by atoms with Gasteiger partial charge in [0.25, 0.3) is 5.91 Å². The number of thiazole rings is 1. The van der Waals surface area contributed by atoms with Gasteiger partial charge in [0.2, 0.25) is 5.91 Å². The lowest BCUT2D eigenvalue weighted by atomic mass is 10.0. The molecule has 27 heavy (non-hydrogen) atoms. The van der Waals surface area contributed by atoms with Crippen LogP contribution in [-0.2, 0) is 4.79 Å². The lowest BCUT2D eigenvalue weighted by Gasteiger charge is -2.28. The molecule has 6 heteroatoms. The van der Waals surface area contributed by atoms with Crippen molar-refractivity contribution in [2.75, 3.05) is 0 Å². The van der Waals surface area contributed by atoms with Gasteiger partial charge in [-0.05, 0) is 57.1 Å². The highest BCUT2D eigenvalue weighted by molar-refractivity contribution is 7.15. The van der Waals surface area contributed by atoms with Crippen molar-refractivity contribution in [2.24, 2.45) is 11.7 Å². The first-order valence-corrected chi connectivity index (χ1v) is 10.4. The topological polar surface area (TPSA) is 76.3 Å². The molecule has 1 saturated heterocycles. The molecule has 1 aromatic heterocycles. The van der Waals surface area contributed by atoms with E-state index < -0.39 is 11.9 Å². The van der Waals surface area contributed by atoms with Crippen LogP contribution in [0.2, 0.25) is 0 Å². The van der Waals surface area contributed by atoms with Crippen molar-refractivity contribution < 1.29 is 9.59 Å². The molecule has 2 aliphatic rings. The van der Waals surface area contributed by atoms with Crippen LogP contribution in [0.4, 0.5) is 0 Å². The maximum atomic E-state index is 13.6. The average Bonchev–Trinajstić information content (AvgIpc) is 3.27. The molecule has 1 aliphatic heterocycles. The van der Waals surface area contributed by atoms with E-state index in [1.807, 2.05) is 6.92 Å². The Morgan fingerprint density at radius 2 is 2.00 bits per heavy atom. The molecule has 2 heterocycles. The quantitative estimate of drug-likeness (QED) is 0.880. The molecule has 0 spiro atoms. The van der Waals surface area contributed by atoms with Crippen LogP contribution < -0.4 is 5.73 Å². The molecule has 1 aliphatic carbocycles. The van der Waals surface area contributed by atoms with Crippen LogP contribution in [-0.4, -0.2) is 33.8 Å². The Kier molecular flexibility index (Phi) is 4.54. The molecule has 2 aromatic rings. The van der Waals surface area contributed by atoms with Crippen molar-refractivity contribution in [1.29, 1.82) is 0 Å². The number of nitrogens with two attached hydrogens (primary N) is 1. The fourth-order valence-electron chi connectivity index (χ4n) is 4.78. The Hall–Kier alpha value is -2.21. The van der Waals surface area contributed by atoms with Crippen molar-refractivity contribution in [1.82, 2.24) is 9.88 Å². The van der Waals surface area contributed by atoms with Crippen molar-refractivity contribution in [3.05, 3.63) is 40.0 Å². The number of carbonyl (C=O) groups excluding carboxylic acids is 2. The third-order valence-electron chi connectivity index (χ3n) is 5.96. The van der Waals surface area contributed by atoms with Crippen LogP contribution in [0.1, 0.15) is 52.3 Å². The van der Waals surface area contributed by atoms with Crippen LogP contribution in [0, 0.1) is 26.7 Å². The number of fused-ring (bicyclic) bond motifs is 1. The summed E-state index contributed by atoms with van der Waals surface area (Å²) in [5, 5.41) is 0.853. The van der Waals surface area contributed by atoms with Crippen LogP contribution in [0.5, 0.6) is 0 Å². The van der Waals surface area contributed by atoms with E-state index in [1.165, 1.54) is 16.9 Å². The summed E-state index contributed by atoms with van der Waals surface area (Å²) in [5.74, 6) is -0.166. The predicted octanol–water partition coefficient (Wildman–Crippen LogP) is 3.60. The lowest BCUT2D eigenvalue weighted by molar-refractivity contribution is -0.122. The van der Waals surface area contributed by atoms with E-state index in [0.717, 1.165) is 40.3 Å². The third-order valence-corrected chi connectivity index (χ3v) is 6.97. The number of carbonyl (C=O) groups is 2. The van der Waals surface area contributed by atoms with Crippen LogP contribution in [0.15, 0.2) is 18.2 Å². The Morgan fingerprint density at radius 1 is 1.22 bits per heavy atom. The average molecular weight is 384 g/mol. The summed E-state index contributed by atoms with van der Waals surface area (Å²) in [5.41, 5.74) is 9.46. The van der Waals surface area contributed by atoms with E-state index in [1.54, 1.807) is 4.90 Å². The Bertz CT molecular complexity index is 920. The second-order valence-electron chi connectivity index (χ2n) is 7.85. The van der Waals surface area contributed by atoms with Crippen molar-refractivity contribution in [2.45, 2.75) is 58.5 Å². The fraction of sp³-hybridized carbons (Fsp3) is 0.476. The monoisotopic (exact) mass is 383 g/mol. The first kappa shape index (κ1) is 18.2. The Morgan fingerprint density at radius 3 is 2.70 bits per heavy atom. The summed E-state index contributed by atoms with van der Waals surface area (Å²) < 4.78 is 0. The van der Waals surface area contributed by atoms with Crippen molar-refractivity contribution >= 4 is 23.2 Å². The summed E-state index contributed by atoms with van der Waals surface area (Å²) in [6.45, 7) is 6.03. The molecule has 2 fully saturated rings. The molecule has 5 nitrogen and oxygen atoms in total. The van der Waals surface area contributed by atoms with Gasteiger partial charge in [0.05, 0.1) is 9.88 Å². The van der Waals surface area contributed by atoms with Gasteiger partial charge >= 0.3 is 0 Å². The zero-order chi connectivity index (χ0) is 19.3. The van der Waals surface area contributed by atoms with Gasteiger partial charge < -0.3 is 10.6 Å². The minimum atomic E-state index is -0.512. The van der Waals surface area contributed by atoms with E-state index in [-0.39, 0.29) is 11.9 Å². The highest BCUT2D eigenvalue weighted by Crippen LogP contribution is 2.43.